The summed E-state index contributed by atoms with van der Waals surface area (Å²) in [6.07, 6.45) is 0. The second-order valence-electron chi connectivity index (χ2n) is 4.44. The van der Waals surface area contributed by atoms with Crippen LogP contribution < -0.4 is 5.32 Å². The van der Waals surface area contributed by atoms with Gasteiger partial charge in [-0.25, -0.2) is 0 Å². The molecule has 96 valence electrons. The van der Waals surface area contributed by atoms with Crippen LogP contribution in [0.2, 0.25) is 0 Å². The number of hydrogen-bond donors (Lipinski definition) is 2. The molecular weight excluding hydrogens is 228 g/mol. The highest BCUT2D eigenvalue weighted by atomic mass is 16.3. The van der Waals surface area contributed by atoms with Gasteiger partial charge in [0, 0.05) is 12.7 Å². The Morgan fingerprint density at radius 1 is 1.28 bits per heavy atom. The number of rotatable bonds is 3. The number of nitrogens with one attached hydrogen (secondary N) is 1. The molecule has 0 fully saturated rings. The molecule has 0 bridgehead atoms. The van der Waals surface area contributed by atoms with Crippen molar-refractivity contribution in [2.75, 3.05) is 5.32 Å². The number of aromatic hydroxyl groups is 1. The van der Waals surface area contributed by atoms with E-state index in [4.69, 9.17) is 0 Å². The highest BCUT2D eigenvalue weighted by Gasteiger charge is 2.10. The zero-order chi connectivity index (χ0) is 13.3. The van der Waals surface area contributed by atoms with Crippen molar-refractivity contribution in [3.8, 4) is 5.75 Å². The van der Waals surface area contributed by atoms with E-state index < -0.39 is 0 Å². The van der Waals surface area contributed by atoms with Crippen LogP contribution in [0.25, 0.3) is 0 Å². The molecule has 0 aliphatic carbocycles. The van der Waals surface area contributed by atoms with Crippen LogP contribution >= 0.6 is 0 Å². The van der Waals surface area contributed by atoms with Gasteiger partial charge in [0.15, 0.2) is 0 Å². The zero-order valence-corrected chi connectivity index (χ0v) is 11.2. The van der Waals surface area contributed by atoms with Gasteiger partial charge in [-0.05, 0) is 32.9 Å². The first-order chi connectivity index (χ1) is 8.49. The second-order valence-corrected chi connectivity index (χ2v) is 4.44. The molecule has 0 spiro atoms. The third kappa shape index (κ3) is 2.30. The van der Waals surface area contributed by atoms with Crippen LogP contribution in [-0.2, 0) is 13.6 Å². The van der Waals surface area contributed by atoms with E-state index in [1.807, 2.05) is 32.5 Å². The van der Waals surface area contributed by atoms with E-state index in [2.05, 4.69) is 15.4 Å². The summed E-state index contributed by atoms with van der Waals surface area (Å²) in [4.78, 5) is 4.31. The molecule has 0 amide bonds. The Hall–Kier alpha value is -2.04. The highest BCUT2D eigenvalue weighted by Crippen LogP contribution is 2.21. The quantitative estimate of drug-likeness (QED) is 0.870. The molecule has 0 radical (unpaired) electrons. The van der Waals surface area contributed by atoms with Gasteiger partial charge < -0.3 is 10.4 Å². The monoisotopic (exact) mass is 246 g/mol. The Morgan fingerprint density at radius 3 is 2.61 bits per heavy atom. The van der Waals surface area contributed by atoms with Gasteiger partial charge in [-0.15, -0.1) is 0 Å². The lowest BCUT2D eigenvalue weighted by Crippen LogP contribution is -2.04. The molecule has 0 aromatic carbocycles. The number of hydrogen-bond acceptors (Lipinski definition) is 4. The van der Waals surface area contributed by atoms with Crippen molar-refractivity contribution in [1.82, 2.24) is 14.8 Å². The fraction of sp³-hybridized carbons (Fsp3) is 0.385. The van der Waals surface area contributed by atoms with Gasteiger partial charge in [-0.1, -0.05) is 0 Å². The maximum Gasteiger partial charge on any atom is 0.138 e. The summed E-state index contributed by atoms with van der Waals surface area (Å²) in [7, 11) is 1.91. The van der Waals surface area contributed by atoms with Crippen LogP contribution in [0.3, 0.4) is 0 Å². The highest BCUT2D eigenvalue weighted by molar-refractivity contribution is 5.52. The van der Waals surface area contributed by atoms with Crippen molar-refractivity contribution in [2.24, 2.45) is 7.05 Å². The molecular formula is C13H18N4O. The number of aromatic nitrogens is 3. The molecule has 2 aromatic rings. The normalized spacial score (nSPS) is 10.7. The van der Waals surface area contributed by atoms with E-state index in [9.17, 15) is 5.11 Å². The number of anilines is 1. The van der Waals surface area contributed by atoms with Gasteiger partial charge in [0.25, 0.3) is 0 Å². The van der Waals surface area contributed by atoms with Gasteiger partial charge in [0.2, 0.25) is 0 Å². The van der Waals surface area contributed by atoms with Crippen LogP contribution in [0, 0.1) is 20.8 Å². The third-order valence-electron chi connectivity index (χ3n) is 3.03. The lowest BCUT2D eigenvalue weighted by molar-refractivity contribution is 0.464. The van der Waals surface area contributed by atoms with Crippen molar-refractivity contribution >= 4 is 5.69 Å². The summed E-state index contributed by atoms with van der Waals surface area (Å²) in [6.45, 7) is 6.36. The van der Waals surface area contributed by atoms with Gasteiger partial charge in [-0.2, -0.15) is 5.10 Å². The molecule has 0 unspecified atom stereocenters. The summed E-state index contributed by atoms with van der Waals surface area (Å²) in [5, 5.41) is 17.3. The molecule has 2 aromatic heterocycles. The Morgan fingerprint density at radius 2 is 2.00 bits per heavy atom. The van der Waals surface area contributed by atoms with E-state index in [-0.39, 0.29) is 5.75 Å². The maximum atomic E-state index is 9.73. The minimum Gasteiger partial charge on any atom is -0.506 e. The van der Waals surface area contributed by atoms with Crippen LogP contribution in [-0.4, -0.2) is 19.9 Å². The van der Waals surface area contributed by atoms with E-state index in [1.54, 1.807) is 12.1 Å². The number of pyridine rings is 1. The topological polar surface area (TPSA) is 63.0 Å². The largest absolute Gasteiger partial charge is 0.506 e. The molecule has 0 atom stereocenters. The summed E-state index contributed by atoms with van der Waals surface area (Å²) in [5.74, 6) is 0.215. The van der Waals surface area contributed by atoms with Gasteiger partial charge >= 0.3 is 0 Å². The molecule has 18 heavy (non-hydrogen) atoms. The average Bonchev–Trinajstić information content (AvgIpc) is 2.55. The fourth-order valence-corrected chi connectivity index (χ4v) is 1.93. The molecule has 2 rings (SSSR count). The van der Waals surface area contributed by atoms with Crippen molar-refractivity contribution < 1.29 is 5.11 Å². The minimum atomic E-state index is 0.215. The predicted molar refractivity (Wildman–Crippen MR) is 70.6 cm³/mol. The SMILES string of the molecule is Cc1ccc(O)c(CNc2c(C)nn(C)c2C)n1. The van der Waals surface area contributed by atoms with Crippen LogP contribution in [0.5, 0.6) is 5.75 Å². The lowest BCUT2D eigenvalue weighted by Gasteiger charge is -2.08. The fourth-order valence-electron chi connectivity index (χ4n) is 1.93. The van der Waals surface area contributed by atoms with Crippen molar-refractivity contribution in [3.63, 3.8) is 0 Å². The van der Waals surface area contributed by atoms with Gasteiger partial charge in [0.1, 0.15) is 11.4 Å². The average molecular weight is 246 g/mol. The first-order valence-corrected chi connectivity index (χ1v) is 5.88. The maximum absolute atomic E-state index is 9.73. The van der Waals surface area contributed by atoms with E-state index in [0.29, 0.717) is 12.2 Å². The van der Waals surface area contributed by atoms with E-state index in [1.165, 1.54) is 0 Å². The molecule has 0 saturated heterocycles. The van der Waals surface area contributed by atoms with Crippen molar-refractivity contribution in [3.05, 3.63) is 34.9 Å². The van der Waals surface area contributed by atoms with E-state index >= 15 is 0 Å². The number of aryl methyl sites for hydroxylation is 3. The molecule has 2 heterocycles. The number of nitrogens with zero attached hydrogens (tertiary/aromatic N) is 3. The molecule has 0 aliphatic heterocycles. The Bertz CT molecular complexity index is 575. The minimum absolute atomic E-state index is 0.215. The van der Waals surface area contributed by atoms with Gasteiger partial charge in [-0.3, -0.25) is 9.67 Å². The molecule has 0 aliphatic rings. The summed E-state index contributed by atoms with van der Waals surface area (Å²) < 4.78 is 1.83. The molecule has 0 saturated carbocycles. The Balaban J connectivity index is 2.19. The van der Waals surface area contributed by atoms with Crippen LogP contribution in [0.15, 0.2) is 12.1 Å². The van der Waals surface area contributed by atoms with Crippen LogP contribution in [0.4, 0.5) is 5.69 Å². The van der Waals surface area contributed by atoms with Gasteiger partial charge in [0.05, 0.1) is 23.6 Å². The molecule has 5 nitrogen and oxygen atoms in total. The summed E-state index contributed by atoms with van der Waals surface area (Å²) in [5.41, 5.74) is 4.56. The lowest BCUT2D eigenvalue weighted by atomic mass is 10.2. The summed E-state index contributed by atoms with van der Waals surface area (Å²) >= 11 is 0. The second kappa shape index (κ2) is 4.68. The van der Waals surface area contributed by atoms with Crippen molar-refractivity contribution in [2.45, 2.75) is 27.3 Å². The Labute approximate surface area is 106 Å². The summed E-state index contributed by atoms with van der Waals surface area (Å²) in [6, 6.07) is 3.46. The first-order valence-electron chi connectivity index (χ1n) is 5.88. The zero-order valence-electron chi connectivity index (χ0n) is 11.2. The Kier molecular flexibility index (Phi) is 3.23. The standard InChI is InChI=1S/C13H18N4O/c1-8-5-6-12(18)11(15-8)7-14-13-9(2)16-17(4)10(13)3/h5-6,14,18H,7H2,1-4H3. The van der Waals surface area contributed by atoms with Crippen molar-refractivity contribution in [1.29, 1.82) is 0 Å². The van der Waals surface area contributed by atoms with Crippen LogP contribution in [0.1, 0.15) is 22.8 Å². The smallest absolute Gasteiger partial charge is 0.138 e. The third-order valence-corrected chi connectivity index (χ3v) is 3.03. The predicted octanol–water partition coefficient (Wildman–Crippen LogP) is 2.06. The first kappa shape index (κ1) is 12.4. The molecule has 2 N–H and O–H groups in total. The molecule has 5 heteroatoms. The van der Waals surface area contributed by atoms with E-state index in [0.717, 1.165) is 22.8 Å².